The zero-order valence-electron chi connectivity index (χ0n) is 16.4. The lowest BCUT2D eigenvalue weighted by molar-refractivity contribution is -0.142. The molecule has 9 heteroatoms. The highest BCUT2D eigenvalue weighted by Gasteiger charge is 2.51. The van der Waals surface area contributed by atoms with Crippen molar-refractivity contribution in [1.29, 1.82) is 5.26 Å². The Kier molecular flexibility index (Phi) is 7.16. The van der Waals surface area contributed by atoms with Crippen LogP contribution in [0.1, 0.15) is 46.9 Å². The van der Waals surface area contributed by atoms with Crippen molar-refractivity contribution in [3.63, 3.8) is 0 Å². The SMILES string of the molecule is CC1(C(=O)N2CCC[C@H]2C(=O)NC2(C#N)CC2)CC1.O.O=S(O)c1ccccc1.[HH]. The van der Waals surface area contributed by atoms with E-state index in [1.54, 1.807) is 35.2 Å². The first-order chi connectivity index (χ1) is 13.3. The first-order valence-corrected chi connectivity index (χ1v) is 10.6. The highest BCUT2D eigenvalue weighted by atomic mass is 32.2. The normalized spacial score (nSPS) is 23.3. The summed E-state index contributed by atoms with van der Waals surface area (Å²) < 4.78 is 18.8. The van der Waals surface area contributed by atoms with E-state index in [1.807, 2.05) is 6.92 Å². The van der Waals surface area contributed by atoms with Gasteiger partial charge in [0.25, 0.3) is 0 Å². The van der Waals surface area contributed by atoms with E-state index in [9.17, 15) is 13.8 Å². The smallest absolute Gasteiger partial charge is 0.244 e. The van der Waals surface area contributed by atoms with Crippen molar-refractivity contribution >= 4 is 22.9 Å². The lowest BCUT2D eigenvalue weighted by Gasteiger charge is -2.27. The molecule has 1 heterocycles. The van der Waals surface area contributed by atoms with Gasteiger partial charge in [-0.05, 0) is 50.7 Å². The molecule has 8 nitrogen and oxygen atoms in total. The first-order valence-electron chi connectivity index (χ1n) is 9.51. The van der Waals surface area contributed by atoms with E-state index in [4.69, 9.17) is 9.81 Å². The second-order valence-electron chi connectivity index (χ2n) is 7.96. The van der Waals surface area contributed by atoms with Crippen molar-refractivity contribution in [3.8, 4) is 6.07 Å². The van der Waals surface area contributed by atoms with Gasteiger partial charge in [0.2, 0.25) is 11.8 Å². The summed E-state index contributed by atoms with van der Waals surface area (Å²) in [5.41, 5.74) is -0.868. The lowest BCUT2D eigenvalue weighted by Crippen LogP contribution is -2.50. The van der Waals surface area contributed by atoms with E-state index in [0.29, 0.717) is 11.4 Å². The van der Waals surface area contributed by atoms with Crippen molar-refractivity contribution in [1.82, 2.24) is 10.2 Å². The third-order valence-corrected chi connectivity index (χ3v) is 6.28. The molecule has 0 spiro atoms. The number of rotatable bonds is 4. The summed E-state index contributed by atoms with van der Waals surface area (Å²) in [6, 6.07) is 10.3. The summed E-state index contributed by atoms with van der Waals surface area (Å²) in [7, 11) is 0. The molecule has 4 N–H and O–H groups in total. The molecule has 2 atom stereocenters. The minimum atomic E-state index is -1.83. The molecule has 1 aromatic rings. The van der Waals surface area contributed by atoms with E-state index < -0.39 is 16.6 Å². The Balaban J connectivity index is 0.000000351. The number of nitriles is 1. The molecule has 1 saturated heterocycles. The molecular formula is C20H29N3O5S. The van der Waals surface area contributed by atoms with Crippen LogP contribution >= 0.6 is 0 Å². The van der Waals surface area contributed by atoms with Crippen LogP contribution in [-0.4, -0.2) is 49.1 Å². The highest BCUT2D eigenvalue weighted by Crippen LogP contribution is 2.47. The first kappa shape index (κ1) is 23.0. The predicted molar refractivity (Wildman–Crippen MR) is 109 cm³/mol. The maximum Gasteiger partial charge on any atom is 0.244 e. The number of nitrogens with zero attached hydrogens (tertiary/aromatic N) is 2. The van der Waals surface area contributed by atoms with Crippen molar-refractivity contribution < 1.29 is 25.3 Å². The van der Waals surface area contributed by atoms with Crippen LogP contribution in [0.3, 0.4) is 0 Å². The second kappa shape index (κ2) is 9.03. The molecule has 1 aromatic carbocycles. The maximum atomic E-state index is 12.4. The molecule has 0 radical (unpaired) electrons. The molecule has 160 valence electrons. The summed E-state index contributed by atoms with van der Waals surface area (Å²) in [6.45, 7) is 2.65. The quantitative estimate of drug-likeness (QED) is 0.708. The number of nitrogens with one attached hydrogen (secondary N) is 1. The highest BCUT2D eigenvalue weighted by molar-refractivity contribution is 7.79. The number of carbonyl (C=O) groups is 2. The van der Waals surface area contributed by atoms with Gasteiger partial charge < -0.3 is 20.2 Å². The van der Waals surface area contributed by atoms with E-state index in [1.165, 1.54) is 0 Å². The third kappa shape index (κ3) is 5.41. The Morgan fingerprint density at radius 2 is 1.90 bits per heavy atom. The van der Waals surface area contributed by atoms with Crippen LogP contribution in [0.25, 0.3) is 0 Å². The summed E-state index contributed by atoms with van der Waals surface area (Å²) in [6.07, 6.45) is 4.91. The largest absolute Gasteiger partial charge is 0.412 e. The minimum Gasteiger partial charge on any atom is -0.412 e. The van der Waals surface area contributed by atoms with Gasteiger partial charge in [-0.15, -0.1) is 0 Å². The molecule has 2 aliphatic carbocycles. The fraction of sp³-hybridized carbons (Fsp3) is 0.550. The van der Waals surface area contributed by atoms with Crippen LogP contribution in [0.2, 0.25) is 0 Å². The molecule has 1 unspecified atom stereocenters. The van der Waals surface area contributed by atoms with Gasteiger partial charge in [-0.2, -0.15) is 5.26 Å². The number of hydrogen-bond donors (Lipinski definition) is 2. The molecule has 1 aliphatic heterocycles. The van der Waals surface area contributed by atoms with Gasteiger partial charge in [-0.3, -0.25) is 9.59 Å². The zero-order valence-corrected chi connectivity index (χ0v) is 17.2. The Bertz CT molecular complexity index is 821. The predicted octanol–water partition coefficient (Wildman–Crippen LogP) is 1.64. The summed E-state index contributed by atoms with van der Waals surface area (Å²) >= 11 is -1.83. The van der Waals surface area contributed by atoms with Gasteiger partial charge in [0.1, 0.15) is 11.6 Å². The second-order valence-corrected chi connectivity index (χ2v) is 8.93. The average molecular weight is 424 g/mol. The summed E-state index contributed by atoms with van der Waals surface area (Å²) in [5.74, 6) is -0.0268. The fourth-order valence-electron chi connectivity index (χ4n) is 3.28. The Morgan fingerprint density at radius 1 is 1.28 bits per heavy atom. The van der Waals surface area contributed by atoms with Crippen LogP contribution in [0.5, 0.6) is 0 Å². The zero-order chi connectivity index (χ0) is 20.4. The van der Waals surface area contributed by atoms with Crippen LogP contribution in [-0.2, 0) is 20.7 Å². The topological polar surface area (TPSA) is 142 Å². The monoisotopic (exact) mass is 423 g/mol. The molecule has 0 bridgehead atoms. The molecule has 2 saturated carbocycles. The Hall–Kier alpha value is -2.28. The van der Waals surface area contributed by atoms with E-state index in [0.717, 1.165) is 38.5 Å². The molecule has 29 heavy (non-hydrogen) atoms. The average Bonchev–Trinajstić information content (AvgIpc) is 3.59. The number of amides is 2. The van der Waals surface area contributed by atoms with E-state index >= 15 is 0 Å². The minimum absolute atomic E-state index is 0. The maximum absolute atomic E-state index is 12.4. The van der Waals surface area contributed by atoms with Gasteiger partial charge in [-0.1, -0.05) is 25.1 Å². The summed E-state index contributed by atoms with van der Waals surface area (Å²) in [5, 5.41) is 11.8. The number of benzene rings is 1. The number of likely N-dealkylation sites (tertiary alicyclic amines) is 1. The van der Waals surface area contributed by atoms with E-state index in [2.05, 4.69) is 11.4 Å². The van der Waals surface area contributed by atoms with Gasteiger partial charge in [-0.25, -0.2) is 4.21 Å². The molecule has 3 fully saturated rings. The van der Waals surface area contributed by atoms with Gasteiger partial charge in [0.05, 0.1) is 11.0 Å². The molecule has 4 rings (SSSR count). The molecular weight excluding hydrogens is 394 g/mol. The van der Waals surface area contributed by atoms with Crippen molar-refractivity contribution in [3.05, 3.63) is 30.3 Å². The Morgan fingerprint density at radius 3 is 2.34 bits per heavy atom. The number of hydrogen-bond acceptors (Lipinski definition) is 4. The Labute approximate surface area is 174 Å². The third-order valence-electron chi connectivity index (χ3n) is 5.60. The number of carbonyl (C=O) groups excluding carboxylic acids is 2. The standard InChI is InChI=1S/C14H19N3O2.C6H6O2S.H2O.H2/c1-13(4-5-13)12(19)17-8-2-3-10(17)11(18)16-14(9-15)6-7-14;7-9(8)6-4-2-1-3-5-6;;/h10H,2-8H2,1H3,(H,16,18);1-5H,(H,7,8);1H2;1H/t10-;;;/m0.../s1. The summed E-state index contributed by atoms with van der Waals surface area (Å²) in [4.78, 5) is 26.8. The van der Waals surface area contributed by atoms with Crippen molar-refractivity contribution in [2.75, 3.05) is 6.54 Å². The molecule has 0 aromatic heterocycles. The van der Waals surface area contributed by atoms with Gasteiger partial charge >= 0.3 is 0 Å². The van der Waals surface area contributed by atoms with Crippen LogP contribution in [0.4, 0.5) is 0 Å². The van der Waals surface area contributed by atoms with Crippen LogP contribution < -0.4 is 5.32 Å². The molecule has 2 amide bonds. The van der Waals surface area contributed by atoms with Crippen LogP contribution in [0.15, 0.2) is 35.2 Å². The lowest BCUT2D eigenvalue weighted by atomic mass is 10.1. The van der Waals surface area contributed by atoms with E-state index in [-0.39, 0.29) is 30.2 Å². The van der Waals surface area contributed by atoms with Gasteiger partial charge in [0, 0.05) is 13.4 Å². The van der Waals surface area contributed by atoms with Gasteiger partial charge in [0.15, 0.2) is 11.1 Å². The fourth-order valence-corrected chi connectivity index (χ4v) is 3.67. The molecule has 3 aliphatic rings. The van der Waals surface area contributed by atoms with Crippen molar-refractivity contribution in [2.45, 2.75) is 61.9 Å². The van der Waals surface area contributed by atoms with Crippen LogP contribution in [0, 0.1) is 16.7 Å². The van der Waals surface area contributed by atoms with Crippen molar-refractivity contribution in [2.24, 2.45) is 5.41 Å².